The number of benzene rings is 2. The van der Waals surface area contributed by atoms with Gasteiger partial charge in [0.1, 0.15) is 6.54 Å². The zero-order chi connectivity index (χ0) is 21.3. The van der Waals surface area contributed by atoms with E-state index in [1.807, 2.05) is 6.07 Å². The Balaban J connectivity index is 1.43. The van der Waals surface area contributed by atoms with E-state index >= 15 is 0 Å². The molecule has 7 nitrogen and oxygen atoms in total. The summed E-state index contributed by atoms with van der Waals surface area (Å²) in [7, 11) is -3.53. The smallest absolute Gasteiger partial charge is 0.244 e. The van der Waals surface area contributed by atoms with Gasteiger partial charge in [0.15, 0.2) is 0 Å². The Kier molecular flexibility index (Phi) is 5.81. The van der Waals surface area contributed by atoms with Crippen molar-refractivity contribution < 1.29 is 18.0 Å². The van der Waals surface area contributed by atoms with E-state index < -0.39 is 10.0 Å². The van der Waals surface area contributed by atoms with Gasteiger partial charge >= 0.3 is 0 Å². The molecule has 0 aliphatic carbocycles. The van der Waals surface area contributed by atoms with E-state index in [4.69, 9.17) is 11.6 Å². The molecule has 0 bridgehead atoms. The fraction of sp³-hybridized carbons (Fsp3) is 0.333. The minimum Gasteiger partial charge on any atom is -0.323 e. The van der Waals surface area contributed by atoms with Crippen molar-refractivity contribution in [2.24, 2.45) is 5.92 Å². The number of anilines is 2. The third-order valence-electron chi connectivity index (χ3n) is 5.53. The summed E-state index contributed by atoms with van der Waals surface area (Å²) < 4.78 is 27.0. The lowest BCUT2D eigenvalue weighted by Gasteiger charge is -2.35. The van der Waals surface area contributed by atoms with Crippen molar-refractivity contribution in [3.8, 4) is 0 Å². The number of nitrogens with one attached hydrogen (secondary N) is 1. The molecule has 2 amide bonds. The predicted octanol–water partition coefficient (Wildman–Crippen LogP) is 2.87. The Morgan fingerprint density at radius 3 is 2.47 bits per heavy atom. The van der Waals surface area contributed by atoms with Crippen molar-refractivity contribution in [1.82, 2.24) is 4.31 Å². The van der Waals surface area contributed by atoms with Crippen LogP contribution >= 0.6 is 11.6 Å². The van der Waals surface area contributed by atoms with Gasteiger partial charge in [0.05, 0.1) is 17.1 Å². The number of para-hydroxylation sites is 2. The van der Waals surface area contributed by atoms with Gasteiger partial charge in [0.25, 0.3) is 0 Å². The number of hydrogen-bond donors (Lipinski definition) is 1. The van der Waals surface area contributed by atoms with Gasteiger partial charge < -0.3 is 10.2 Å². The Labute approximate surface area is 180 Å². The van der Waals surface area contributed by atoms with Crippen LogP contribution in [0.15, 0.2) is 48.5 Å². The Morgan fingerprint density at radius 2 is 1.73 bits per heavy atom. The average molecular weight is 448 g/mol. The summed E-state index contributed by atoms with van der Waals surface area (Å²) in [6.45, 7) is 0.511. The van der Waals surface area contributed by atoms with Gasteiger partial charge in [0.2, 0.25) is 21.8 Å². The number of piperidine rings is 1. The quantitative estimate of drug-likeness (QED) is 0.780. The van der Waals surface area contributed by atoms with E-state index in [0.29, 0.717) is 34.8 Å². The number of sulfonamides is 1. The minimum atomic E-state index is -3.53. The molecule has 0 atom stereocenters. The standard InChI is InChI=1S/C21H22ClN3O4S/c22-17-6-2-1-5-16(17)14-30(28,29)24-11-9-15(10-12-24)21(27)25-13-20(26)23-18-7-3-4-8-19(18)25/h1-8,15H,9-14H2,(H,23,26). The van der Waals surface area contributed by atoms with Crippen molar-refractivity contribution in [3.05, 3.63) is 59.1 Å². The van der Waals surface area contributed by atoms with Crippen LogP contribution in [-0.4, -0.2) is 44.2 Å². The van der Waals surface area contributed by atoms with Crippen molar-refractivity contribution in [2.75, 3.05) is 29.9 Å². The molecule has 9 heteroatoms. The number of hydrogen-bond acceptors (Lipinski definition) is 4. The number of carbonyl (C=O) groups is 2. The van der Waals surface area contributed by atoms with Gasteiger partial charge in [-0.25, -0.2) is 12.7 Å². The summed E-state index contributed by atoms with van der Waals surface area (Å²) in [5.41, 5.74) is 1.85. The molecule has 2 aromatic rings. The van der Waals surface area contributed by atoms with Crippen LogP contribution in [-0.2, 0) is 25.4 Å². The maximum Gasteiger partial charge on any atom is 0.244 e. The molecule has 30 heavy (non-hydrogen) atoms. The normalized spacial score (nSPS) is 18.0. The molecular weight excluding hydrogens is 426 g/mol. The molecule has 0 radical (unpaired) electrons. The number of carbonyl (C=O) groups excluding carboxylic acids is 2. The van der Waals surface area contributed by atoms with Gasteiger partial charge in [-0.1, -0.05) is 41.9 Å². The fourth-order valence-corrected chi connectivity index (χ4v) is 5.81. The molecule has 0 aromatic heterocycles. The van der Waals surface area contributed by atoms with Crippen LogP contribution in [0.2, 0.25) is 5.02 Å². The van der Waals surface area contributed by atoms with Gasteiger partial charge in [0, 0.05) is 24.0 Å². The predicted molar refractivity (Wildman–Crippen MR) is 116 cm³/mol. The first kappa shape index (κ1) is 20.8. The highest BCUT2D eigenvalue weighted by Gasteiger charge is 2.36. The molecule has 2 aromatic carbocycles. The third-order valence-corrected chi connectivity index (χ3v) is 7.73. The lowest BCUT2D eigenvalue weighted by Crippen LogP contribution is -2.48. The Hall–Kier alpha value is -2.42. The zero-order valence-electron chi connectivity index (χ0n) is 16.3. The summed E-state index contributed by atoms with van der Waals surface area (Å²) in [6.07, 6.45) is 0.835. The second-order valence-electron chi connectivity index (χ2n) is 7.51. The first-order valence-corrected chi connectivity index (χ1v) is 11.8. The second-order valence-corrected chi connectivity index (χ2v) is 9.89. The number of fused-ring (bicyclic) bond motifs is 1. The van der Waals surface area contributed by atoms with E-state index in [1.165, 1.54) is 9.21 Å². The largest absolute Gasteiger partial charge is 0.323 e. The zero-order valence-corrected chi connectivity index (χ0v) is 17.8. The maximum absolute atomic E-state index is 13.1. The summed E-state index contributed by atoms with van der Waals surface area (Å²) in [5, 5.41) is 3.20. The van der Waals surface area contributed by atoms with E-state index in [1.54, 1.807) is 42.5 Å². The molecule has 0 saturated carbocycles. The van der Waals surface area contributed by atoms with Crippen LogP contribution < -0.4 is 10.2 Å². The van der Waals surface area contributed by atoms with Crippen molar-refractivity contribution >= 4 is 44.8 Å². The fourth-order valence-electron chi connectivity index (χ4n) is 3.93. The van der Waals surface area contributed by atoms with E-state index in [0.717, 1.165) is 0 Å². The summed E-state index contributed by atoms with van der Waals surface area (Å²) in [6, 6.07) is 14.1. The summed E-state index contributed by atoms with van der Waals surface area (Å²) in [4.78, 5) is 26.6. The lowest BCUT2D eigenvalue weighted by atomic mass is 9.95. The van der Waals surface area contributed by atoms with Crippen LogP contribution in [0.5, 0.6) is 0 Å². The molecular formula is C21H22ClN3O4S. The molecule has 2 heterocycles. The van der Waals surface area contributed by atoms with E-state index in [9.17, 15) is 18.0 Å². The van der Waals surface area contributed by atoms with Gasteiger partial charge in [-0.15, -0.1) is 0 Å². The van der Waals surface area contributed by atoms with Crippen molar-refractivity contribution in [2.45, 2.75) is 18.6 Å². The molecule has 0 unspecified atom stereocenters. The molecule has 1 N–H and O–H groups in total. The topological polar surface area (TPSA) is 86.8 Å². The SMILES string of the molecule is O=C1CN(C(=O)C2CCN(S(=O)(=O)Cc3ccccc3Cl)CC2)c2ccccc2N1. The van der Waals surface area contributed by atoms with Crippen LogP contribution in [0.4, 0.5) is 11.4 Å². The molecule has 2 aliphatic rings. The number of halogens is 1. The van der Waals surface area contributed by atoms with Gasteiger partial charge in [-0.05, 0) is 36.6 Å². The van der Waals surface area contributed by atoms with Crippen LogP contribution in [0, 0.1) is 5.92 Å². The lowest BCUT2D eigenvalue weighted by molar-refractivity contribution is -0.125. The molecule has 2 aliphatic heterocycles. The average Bonchev–Trinajstić information content (AvgIpc) is 2.74. The minimum absolute atomic E-state index is 0.0269. The second kappa shape index (κ2) is 8.37. The number of rotatable bonds is 4. The number of nitrogens with zero attached hydrogens (tertiary/aromatic N) is 2. The monoisotopic (exact) mass is 447 g/mol. The van der Waals surface area contributed by atoms with Gasteiger partial charge in [-0.3, -0.25) is 9.59 Å². The third kappa shape index (κ3) is 4.21. The summed E-state index contributed by atoms with van der Waals surface area (Å²) >= 11 is 6.11. The highest BCUT2D eigenvalue weighted by Crippen LogP contribution is 2.32. The Morgan fingerprint density at radius 1 is 1.07 bits per heavy atom. The van der Waals surface area contributed by atoms with Crippen LogP contribution in [0.25, 0.3) is 0 Å². The van der Waals surface area contributed by atoms with Crippen LogP contribution in [0.1, 0.15) is 18.4 Å². The summed E-state index contributed by atoms with van der Waals surface area (Å²) in [5.74, 6) is -0.858. The molecule has 1 saturated heterocycles. The highest BCUT2D eigenvalue weighted by atomic mass is 35.5. The van der Waals surface area contributed by atoms with Gasteiger partial charge in [-0.2, -0.15) is 0 Å². The number of amides is 2. The molecule has 1 fully saturated rings. The van der Waals surface area contributed by atoms with E-state index in [2.05, 4.69) is 5.32 Å². The van der Waals surface area contributed by atoms with Crippen LogP contribution in [0.3, 0.4) is 0 Å². The highest BCUT2D eigenvalue weighted by molar-refractivity contribution is 7.88. The molecule has 4 rings (SSSR count). The molecule has 158 valence electrons. The van der Waals surface area contributed by atoms with E-state index in [-0.39, 0.29) is 43.1 Å². The maximum atomic E-state index is 13.1. The Bertz CT molecular complexity index is 1080. The molecule has 0 spiro atoms. The van der Waals surface area contributed by atoms with Crippen molar-refractivity contribution in [1.29, 1.82) is 0 Å². The van der Waals surface area contributed by atoms with Crippen molar-refractivity contribution in [3.63, 3.8) is 0 Å². The first-order valence-electron chi connectivity index (χ1n) is 9.76. The first-order chi connectivity index (χ1) is 14.3.